The Kier molecular flexibility index (Phi) is 6.16. The zero-order chi connectivity index (χ0) is 16.9. The number of hydrogen-bond donors (Lipinski definition) is 2. The Balaban J connectivity index is 1.66. The Labute approximate surface area is 138 Å². The molecule has 1 aromatic rings. The van der Waals surface area contributed by atoms with Crippen LogP contribution in [0.15, 0.2) is 4.52 Å². The second-order valence-corrected chi connectivity index (χ2v) is 7.58. The molecule has 1 aliphatic carbocycles. The van der Waals surface area contributed by atoms with Gasteiger partial charge in [0, 0.05) is 30.9 Å². The summed E-state index contributed by atoms with van der Waals surface area (Å²) in [4.78, 5) is 16.4. The third-order valence-electron chi connectivity index (χ3n) is 4.40. The minimum absolute atomic E-state index is 0.0907. The number of aliphatic hydroxyl groups is 1. The molecule has 130 valence electrons. The van der Waals surface area contributed by atoms with Crippen molar-refractivity contribution in [2.45, 2.75) is 77.2 Å². The van der Waals surface area contributed by atoms with Gasteiger partial charge in [0.05, 0.1) is 0 Å². The lowest BCUT2D eigenvalue weighted by Crippen LogP contribution is -2.38. The zero-order valence-corrected chi connectivity index (χ0v) is 14.5. The average Bonchev–Trinajstić information content (AvgIpc) is 2.97. The maximum absolute atomic E-state index is 12.0. The molecule has 2 N–H and O–H groups in total. The van der Waals surface area contributed by atoms with Gasteiger partial charge in [0.15, 0.2) is 5.82 Å². The third kappa shape index (κ3) is 5.61. The number of hydrogen-bond acceptors (Lipinski definition) is 5. The van der Waals surface area contributed by atoms with Crippen LogP contribution in [0.2, 0.25) is 0 Å². The number of carbonyl (C=O) groups is 1. The highest BCUT2D eigenvalue weighted by Crippen LogP contribution is 2.23. The highest BCUT2D eigenvalue weighted by atomic mass is 16.5. The molecular weight excluding hydrogens is 294 g/mol. The van der Waals surface area contributed by atoms with Gasteiger partial charge in [-0.05, 0) is 38.0 Å². The first-order valence-electron chi connectivity index (χ1n) is 8.61. The Hall–Kier alpha value is -1.43. The first kappa shape index (κ1) is 17.9. The molecule has 1 fully saturated rings. The van der Waals surface area contributed by atoms with E-state index in [-0.39, 0.29) is 24.0 Å². The second-order valence-electron chi connectivity index (χ2n) is 7.58. The number of nitrogens with one attached hydrogen (secondary N) is 1. The van der Waals surface area contributed by atoms with E-state index in [2.05, 4.69) is 15.5 Å². The molecule has 23 heavy (non-hydrogen) atoms. The SMILES string of the molecule is CC(C)(C)c1noc(CCCC(=O)NC2CCC(CO)CC2)n1. The van der Waals surface area contributed by atoms with E-state index >= 15 is 0 Å². The molecule has 0 aliphatic heterocycles. The van der Waals surface area contributed by atoms with Crippen molar-refractivity contribution in [3.63, 3.8) is 0 Å². The van der Waals surface area contributed by atoms with Gasteiger partial charge in [-0.15, -0.1) is 0 Å². The second kappa shape index (κ2) is 7.90. The molecule has 1 heterocycles. The third-order valence-corrected chi connectivity index (χ3v) is 4.40. The number of amides is 1. The molecule has 1 aliphatic rings. The molecule has 0 radical (unpaired) electrons. The molecule has 6 heteroatoms. The van der Waals surface area contributed by atoms with Crippen molar-refractivity contribution in [2.24, 2.45) is 5.92 Å². The summed E-state index contributed by atoms with van der Waals surface area (Å²) in [6.07, 6.45) is 5.76. The van der Waals surface area contributed by atoms with Gasteiger partial charge in [-0.2, -0.15) is 4.98 Å². The Morgan fingerprint density at radius 1 is 1.30 bits per heavy atom. The van der Waals surface area contributed by atoms with Crippen LogP contribution >= 0.6 is 0 Å². The fraction of sp³-hybridized carbons (Fsp3) is 0.824. The molecule has 1 saturated carbocycles. The molecular formula is C17H29N3O3. The summed E-state index contributed by atoms with van der Waals surface area (Å²) in [5.41, 5.74) is -0.119. The van der Waals surface area contributed by atoms with Gasteiger partial charge in [-0.1, -0.05) is 25.9 Å². The number of aryl methyl sites for hydroxylation is 1. The van der Waals surface area contributed by atoms with Crippen molar-refractivity contribution in [1.82, 2.24) is 15.5 Å². The molecule has 0 spiro atoms. The minimum Gasteiger partial charge on any atom is -0.396 e. The van der Waals surface area contributed by atoms with Crippen LogP contribution in [-0.4, -0.2) is 33.8 Å². The molecule has 0 saturated heterocycles. The molecule has 1 aromatic heterocycles. The largest absolute Gasteiger partial charge is 0.396 e. The highest BCUT2D eigenvalue weighted by molar-refractivity contribution is 5.76. The topological polar surface area (TPSA) is 88.2 Å². The van der Waals surface area contributed by atoms with Gasteiger partial charge in [0.1, 0.15) is 0 Å². The first-order chi connectivity index (χ1) is 10.9. The molecule has 6 nitrogen and oxygen atoms in total. The summed E-state index contributed by atoms with van der Waals surface area (Å²) in [5.74, 6) is 1.81. The van der Waals surface area contributed by atoms with Crippen LogP contribution in [0.25, 0.3) is 0 Å². The fourth-order valence-electron chi connectivity index (χ4n) is 2.85. The molecule has 0 aromatic carbocycles. The smallest absolute Gasteiger partial charge is 0.226 e. The minimum atomic E-state index is -0.119. The van der Waals surface area contributed by atoms with Gasteiger partial charge >= 0.3 is 0 Å². The number of carbonyl (C=O) groups excluding carboxylic acids is 1. The number of aromatic nitrogens is 2. The highest BCUT2D eigenvalue weighted by Gasteiger charge is 2.22. The average molecular weight is 323 g/mol. The van der Waals surface area contributed by atoms with Gasteiger partial charge in [-0.25, -0.2) is 0 Å². The van der Waals surface area contributed by atoms with Crippen molar-refractivity contribution in [1.29, 1.82) is 0 Å². The van der Waals surface area contributed by atoms with Gasteiger partial charge in [0.2, 0.25) is 11.8 Å². The standard InChI is InChI=1S/C17H29N3O3/c1-17(2,3)16-19-15(23-20-16)6-4-5-14(22)18-13-9-7-12(11-21)8-10-13/h12-13,21H,4-11H2,1-3H3,(H,18,22). The predicted octanol–water partition coefficient (Wildman–Crippen LogP) is 2.36. The van der Waals surface area contributed by atoms with Gasteiger partial charge in [-0.3, -0.25) is 4.79 Å². The van der Waals surface area contributed by atoms with Crippen molar-refractivity contribution >= 4 is 5.91 Å². The molecule has 2 rings (SSSR count). The lowest BCUT2D eigenvalue weighted by molar-refractivity contribution is -0.122. The van der Waals surface area contributed by atoms with Crippen molar-refractivity contribution in [3.8, 4) is 0 Å². The van der Waals surface area contributed by atoms with E-state index in [0.717, 1.165) is 25.7 Å². The van der Waals surface area contributed by atoms with E-state index in [1.54, 1.807) is 0 Å². The Morgan fingerprint density at radius 2 is 2.00 bits per heavy atom. The molecule has 1 amide bonds. The van der Waals surface area contributed by atoms with E-state index in [4.69, 9.17) is 9.63 Å². The van der Waals surface area contributed by atoms with Crippen LogP contribution in [0.4, 0.5) is 0 Å². The normalized spacial score (nSPS) is 22.1. The van der Waals surface area contributed by atoms with E-state index in [9.17, 15) is 4.79 Å². The summed E-state index contributed by atoms with van der Waals surface area (Å²) in [5, 5.41) is 16.2. The van der Waals surface area contributed by atoms with E-state index in [1.807, 2.05) is 20.8 Å². The zero-order valence-electron chi connectivity index (χ0n) is 14.5. The lowest BCUT2D eigenvalue weighted by Gasteiger charge is -2.27. The van der Waals surface area contributed by atoms with E-state index in [0.29, 0.717) is 36.9 Å². The molecule has 0 bridgehead atoms. The number of aliphatic hydroxyl groups excluding tert-OH is 1. The van der Waals surface area contributed by atoms with Gasteiger partial charge < -0.3 is 14.9 Å². The summed E-state index contributed by atoms with van der Waals surface area (Å²) in [6.45, 7) is 6.39. The van der Waals surface area contributed by atoms with Gasteiger partial charge in [0.25, 0.3) is 0 Å². The van der Waals surface area contributed by atoms with Crippen molar-refractivity contribution in [2.75, 3.05) is 6.61 Å². The Morgan fingerprint density at radius 3 is 2.57 bits per heavy atom. The molecule has 0 atom stereocenters. The summed E-state index contributed by atoms with van der Waals surface area (Å²) in [7, 11) is 0. The van der Waals surface area contributed by atoms with Crippen LogP contribution in [0.5, 0.6) is 0 Å². The van der Waals surface area contributed by atoms with E-state index in [1.165, 1.54) is 0 Å². The monoisotopic (exact) mass is 323 g/mol. The summed E-state index contributed by atoms with van der Waals surface area (Å²) < 4.78 is 5.23. The maximum atomic E-state index is 12.0. The summed E-state index contributed by atoms with van der Waals surface area (Å²) in [6, 6.07) is 0.265. The quantitative estimate of drug-likeness (QED) is 0.839. The fourth-order valence-corrected chi connectivity index (χ4v) is 2.85. The van der Waals surface area contributed by atoms with Crippen LogP contribution < -0.4 is 5.32 Å². The van der Waals surface area contributed by atoms with Crippen molar-refractivity contribution in [3.05, 3.63) is 11.7 Å². The van der Waals surface area contributed by atoms with Crippen LogP contribution in [0.1, 0.15) is 71.0 Å². The van der Waals surface area contributed by atoms with E-state index < -0.39 is 0 Å². The van der Waals surface area contributed by atoms with Crippen molar-refractivity contribution < 1.29 is 14.4 Å². The maximum Gasteiger partial charge on any atom is 0.226 e. The van der Waals surface area contributed by atoms with Crippen LogP contribution in [0.3, 0.4) is 0 Å². The van der Waals surface area contributed by atoms with Crippen LogP contribution in [-0.2, 0) is 16.6 Å². The lowest BCUT2D eigenvalue weighted by atomic mass is 9.86. The predicted molar refractivity (Wildman–Crippen MR) is 86.9 cm³/mol. The summed E-state index contributed by atoms with van der Waals surface area (Å²) >= 11 is 0. The van der Waals surface area contributed by atoms with Crippen LogP contribution in [0, 0.1) is 5.92 Å². The number of nitrogens with zero attached hydrogens (tertiary/aromatic N) is 2. The molecule has 0 unspecified atom stereocenters. The Bertz CT molecular complexity index is 499. The first-order valence-corrected chi connectivity index (χ1v) is 8.61. The number of rotatable bonds is 6.